The number of quaternary nitrogens is 1. The van der Waals surface area contributed by atoms with Gasteiger partial charge in [0.2, 0.25) is 5.75 Å². The molecule has 2 aliphatic heterocycles. The van der Waals surface area contributed by atoms with Crippen LogP contribution in [0.4, 0.5) is 0 Å². The highest BCUT2D eigenvalue weighted by atomic mass is 16.5. The van der Waals surface area contributed by atoms with Crippen molar-refractivity contribution in [2.45, 2.75) is 50.2 Å². The second kappa shape index (κ2) is 7.30. The number of fused-ring (bicyclic) bond motifs is 2. The highest BCUT2D eigenvalue weighted by molar-refractivity contribution is 5.95. The van der Waals surface area contributed by atoms with Crippen LogP contribution < -0.4 is 24.8 Å². The summed E-state index contributed by atoms with van der Waals surface area (Å²) in [5, 5.41) is 5.68. The van der Waals surface area contributed by atoms with Crippen LogP contribution in [0.25, 0.3) is 0 Å². The Hall–Kier alpha value is -1.95. The van der Waals surface area contributed by atoms with E-state index in [0.717, 1.165) is 12.8 Å². The smallest absolute Gasteiger partial charge is 0.251 e. The van der Waals surface area contributed by atoms with E-state index < -0.39 is 0 Å². The molecule has 6 heteroatoms. The van der Waals surface area contributed by atoms with Crippen molar-refractivity contribution < 1.29 is 24.3 Å². The first kappa shape index (κ1) is 16.9. The Bertz CT molecular complexity index is 568. The molecule has 1 aromatic carbocycles. The first-order valence-corrected chi connectivity index (χ1v) is 8.60. The highest BCUT2D eigenvalue weighted by Crippen LogP contribution is 2.38. The zero-order valence-corrected chi connectivity index (χ0v) is 14.6. The maximum atomic E-state index is 12.7. The van der Waals surface area contributed by atoms with Gasteiger partial charge in [-0.05, 0) is 31.4 Å². The van der Waals surface area contributed by atoms with Crippen molar-refractivity contribution in [1.29, 1.82) is 0 Å². The summed E-state index contributed by atoms with van der Waals surface area (Å²) in [6.07, 6.45) is 5.93. The van der Waals surface area contributed by atoms with Gasteiger partial charge in [0.15, 0.2) is 11.5 Å². The fourth-order valence-corrected chi connectivity index (χ4v) is 4.04. The number of hydrogen-bond donors (Lipinski definition) is 2. The molecule has 2 bridgehead atoms. The van der Waals surface area contributed by atoms with E-state index in [1.165, 1.54) is 19.3 Å². The largest absolute Gasteiger partial charge is 0.493 e. The fourth-order valence-electron chi connectivity index (χ4n) is 4.04. The molecule has 3 N–H and O–H groups in total. The number of hydrogen-bond acceptors (Lipinski definition) is 4. The van der Waals surface area contributed by atoms with Crippen molar-refractivity contribution in [2.75, 3.05) is 21.3 Å². The van der Waals surface area contributed by atoms with Gasteiger partial charge in [0.05, 0.1) is 33.4 Å². The topological polar surface area (TPSA) is 73.4 Å². The second-order valence-electron chi connectivity index (χ2n) is 6.70. The van der Waals surface area contributed by atoms with Gasteiger partial charge >= 0.3 is 0 Å². The third-order valence-electron chi connectivity index (χ3n) is 5.13. The maximum absolute atomic E-state index is 12.7. The Balaban J connectivity index is 1.75. The van der Waals surface area contributed by atoms with Gasteiger partial charge in [-0.3, -0.25) is 4.79 Å². The van der Waals surface area contributed by atoms with Crippen molar-refractivity contribution in [3.8, 4) is 17.2 Å². The van der Waals surface area contributed by atoms with Crippen LogP contribution in [0.5, 0.6) is 17.2 Å². The molecular weight excluding hydrogens is 308 g/mol. The summed E-state index contributed by atoms with van der Waals surface area (Å²) in [6, 6.07) is 4.96. The zero-order valence-electron chi connectivity index (χ0n) is 14.6. The molecule has 1 unspecified atom stereocenters. The summed E-state index contributed by atoms with van der Waals surface area (Å²) in [5.74, 6) is 1.41. The SMILES string of the molecule is COc1cc(C(=O)NC2C[C@H]3CCC[C@@H](C2)[NH2+]3)cc(OC)c1OC. The van der Waals surface area contributed by atoms with Gasteiger partial charge in [-0.25, -0.2) is 0 Å². The first-order chi connectivity index (χ1) is 11.6. The van der Waals surface area contributed by atoms with Crippen LogP contribution in [0.3, 0.4) is 0 Å². The van der Waals surface area contributed by atoms with Crippen LogP contribution in [0.15, 0.2) is 12.1 Å². The molecule has 0 radical (unpaired) electrons. The molecule has 3 atom stereocenters. The molecule has 2 aliphatic rings. The number of nitrogens with two attached hydrogens (primary N) is 1. The zero-order chi connectivity index (χ0) is 17.1. The summed E-state index contributed by atoms with van der Waals surface area (Å²) in [7, 11) is 4.66. The molecule has 2 heterocycles. The lowest BCUT2D eigenvalue weighted by molar-refractivity contribution is -0.739. The van der Waals surface area contributed by atoms with Gasteiger partial charge < -0.3 is 24.8 Å². The normalized spacial score (nSPS) is 25.7. The van der Waals surface area contributed by atoms with Gasteiger partial charge in [-0.1, -0.05) is 0 Å². The summed E-state index contributed by atoms with van der Waals surface area (Å²) in [6.45, 7) is 0. The Morgan fingerprint density at radius 3 is 2.12 bits per heavy atom. The lowest BCUT2D eigenvalue weighted by atomic mass is 9.84. The Labute approximate surface area is 142 Å². The lowest BCUT2D eigenvalue weighted by Gasteiger charge is -2.37. The van der Waals surface area contributed by atoms with Gasteiger partial charge in [-0.2, -0.15) is 0 Å². The molecule has 24 heavy (non-hydrogen) atoms. The third-order valence-corrected chi connectivity index (χ3v) is 5.13. The molecule has 6 nitrogen and oxygen atoms in total. The average Bonchev–Trinajstić information content (AvgIpc) is 2.59. The van der Waals surface area contributed by atoms with E-state index in [9.17, 15) is 4.79 Å². The predicted octanol–water partition coefficient (Wildman–Crippen LogP) is 1.09. The minimum Gasteiger partial charge on any atom is -0.493 e. The Kier molecular flexibility index (Phi) is 5.14. The third kappa shape index (κ3) is 3.43. The van der Waals surface area contributed by atoms with Crippen LogP contribution in [-0.2, 0) is 0 Å². The summed E-state index contributed by atoms with van der Waals surface area (Å²) < 4.78 is 16.0. The number of piperidine rings is 2. The molecule has 0 saturated carbocycles. The highest BCUT2D eigenvalue weighted by Gasteiger charge is 2.35. The minimum atomic E-state index is -0.0840. The maximum Gasteiger partial charge on any atom is 0.251 e. The second-order valence-corrected chi connectivity index (χ2v) is 6.70. The van der Waals surface area contributed by atoms with Crippen LogP contribution in [0.1, 0.15) is 42.5 Å². The van der Waals surface area contributed by atoms with E-state index in [2.05, 4.69) is 10.6 Å². The van der Waals surface area contributed by atoms with Gasteiger partial charge in [0.25, 0.3) is 5.91 Å². The van der Waals surface area contributed by atoms with Crippen molar-refractivity contribution in [2.24, 2.45) is 0 Å². The van der Waals surface area contributed by atoms with Gasteiger partial charge in [-0.15, -0.1) is 0 Å². The number of benzene rings is 1. The number of amides is 1. The van der Waals surface area contributed by atoms with E-state index in [0.29, 0.717) is 34.9 Å². The van der Waals surface area contributed by atoms with E-state index in [1.807, 2.05) is 0 Å². The van der Waals surface area contributed by atoms with E-state index >= 15 is 0 Å². The van der Waals surface area contributed by atoms with E-state index in [-0.39, 0.29) is 11.9 Å². The number of rotatable bonds is 5. The number of methoxy groups -OCH3 is 3. The number of nitrogens with one attached hydrogen (secondary N) is 1. The summed E-state index contributed by atoms with van der Waals surface area (Å²) in [5.41, 5.74) is 0.532. The molecule has 0 spiro atoms. The van der Waals surface area contributed by atoms with Crippen LogP contribution >= 0.6 is 0 Å². The average molecular weight is 335 g/mol. The quantitative estimate of drug-likeness (QED) is 0.845. The molecule has 0 aliphatic carbocycles. The van der Waals surface area contributed by atoms with Crippen LogP contribution in [0, 0.1) is 0 Å². The minimum absolute atomic E-state index is 0.0840. The molecule has 2 saturated heterocycles. The van der Waals surface area contributed by atoms with E-state index in [4.69, 9.17) is 14.2 Å². The number of ether oxygens (including phenoxy) is 3. The Morgan fingerprint density at radius 1 is 1.04 bits per heavy atom. The number of carbonyl (C=O) groups is 1. The standard InChI is InChI=1S/C18H26N2O4/c1-22-15-7-11(8-16(23-2)17(15)24-3)18(21)20-14-9-12-5-4-6-13(10-14)19-12/h7-8,12-14,19H,4-6,9-10H2,1-3H3,(H,20,21)/p+1/t12-,13+,14?. The van der Waals surface area contributed by atoms with Gasteiger partial charge in [0, 0.05) is 24.4 Å². The van der Waals surface area contributed by atoms with Gasteiger partial charge in [0.1, 0.15) is 0 Å². The van der Waals surface area contributed by atoms with Crippen molar-refractivity contribution in [1.82, 2.24) is 5.32 Å². The molecule has 3 rings (SSSR count). The van der Waals surface area contributed by atoms with Crippen molar-refractivity contribution in [3.05, 3.63) is 17.7 Å². The van der Waals surface area contributed by atoms with Crippen molar-refractivity contribution >= 4 is 5.91 Å². The van der Waals surface area contributed by atoms with Crippen LogP contribution in [-0.4, -0.2) is 45.4 Å². The van der Waals surface area contributed by atoms with Crippen molar-refractivity contribution in [3.63, 3.8) is 0 Å². The fraction of sp³-hybridized carbons (Fsp3) is 0.611. The lowest BCUT2D eigenvalue weighted by Crippen LogP contribution is -2.98. The monoisotopic (exact) mass is 335 g/mol. The molecular formula is C18H27N2O4+. The predicted molar refractivity (Wildman–Crippen MR) is 89.9 cm³/mol. The molecule has 132 valence electrons. The summed E-state index contributed by atoms with van der Waals surface area (Å²) >= 11 is 0. The molecule has 0 aromatic heterocycles. The molecule has 2 fully saturated rings. The summed E-state index contributed by atoms with van der Waals surface area (Å²) in [4.78, 5) is 12.7. The van der Waals surface area contributed by atoms with E-state index in [1.54, 1.807) is 33.5 Å². The number of carbonyl (C=O) groups excluding carboxylic acids is 1. The Morgan fingerprint density at radius 2 is 1.62 bits per heavy atom. The van der Waals surface area contributed by atoms with Crippen LogP contribution in [0.2, 0.25) is 0 Å². The first-order valence-electron chi connectivity index (χ1n) is 8.60. The molecule has 1 amide bonds. The molecule has 1 aromatic rings.